The summed E-state index contributed by atoms with van der Waals surface area (Å²) in [6.45, 7) is 2.05. The molecule has 0 saturated carbocycles. The number of methoxy groups -OCH3 is 1. The fraction of sp³-hybridized carbons (Fsp3) is 0.444. The molecule has 0 amide bonds. The highest BCUT2D eigenvalue weighted by molar-refractivity contribution is 5.95. The minimum absolute atomic E-state index is 0.245. The van der Waals surface area contributed by atoms with Gasteiger partial charge < -0.3 is 10.5 Å². The monoisotopic (exact) mass is 208 g/mol. The first-order valence-corrected chi connectivity index (χ1v) is 4.40. The van der Waals surface area contributed by atoms with E-state index >= 15 is 0 Å². The number of esters is 1. The second-order valence-corrected chi connectivity index (χ2v) is 2.97. The van der Waals surface area contributed by atoms with Crippen LogP contribution in [0.25, 0.3) is 0 Å². The predicted molar refractivity (Wildman–Crippen MR) is 52.9 cm³/mol. The van der Waals surface area contributed by atoms with Gasteiger partial charge in [-0.1, -0.05) is 0 Å². The summed E-state index contributed by atoms with van der Waals surface area (Å²) < 4.78 is 6.01. The first kappa shape index (κ1) is 11.0. The summed E-state index contributed by atoms with van der Waals surface area (Å²) in [5, 5.41) is 12.5. The Morgan fingerprint density at radius 3 is 2.93 bits per heavy atom. The van der Waals surface area contributed by atoms with Crippen molar-refractivity contribution in [2.24, 2.45) is 0 Å². The lowest BCUT2D eigenvalue weighted by molar-refractivity contribution is 0.0601. The molecule has 80 valence electrons. The van der Waals surface area contributed by atoms with Gasteiger partial charge in [-0.25, -0.2) is 9.48 Å². The Kier molecular flexibility index (Phi) is 3.29. The quantitative estimate of drug-likeness (QED) is 0.729. The lowest BCUT2D eigenvalue weighted by Crippen LogP contribution is -2.08. The van der Waals surface area contributed by atoms with Crippen molar-refractivity contribution in [1.29, 1.82) is 5.26 Å². The third-order valence-corrected chi connectivity index (χ3v) is 1.99. The standard InChI is InChI=1S/C9H12N4O2/c1-6-7(9(14)15-2)8(11)13(12-6)5-3-4-10/h3,5,11H2,1-2H3. The summed E-state index contributed by atoms with van der Waals surface area (Å²) in [5.41, 5.74) is 6.50. The van der Waals surface area contributed by atoms with Crippen molar-refractivity contribution in [3.8, 4) is 6.07 Å². The van der Waals surface area contributed by atoms with E-state index in [9.17, 15) is 4.79 Å². The van der Waals surface area contributed by atoms with Crippen LogP contribution in [-0.4, -0.2) is 22.9 Å². The van der Waals surface area contributed by atoms with Gasteiger partial charge in [0.05, 0.1) is 31.8 Å². The summed E-state index contributed by atoms with van der Waals surface area (Å²) >= 11 is 0. The molecule has 1 aromatic rings. The van der Waals surface area contributed by atoms with E-state index in [4.69, 9.17) is 11.0 Å². The third-order valence-electron chi connectivity index (χ3n) is 1.99. The molecule has 1 rings (SSSR count). The van der Waals surface area contributed by atoms with Crippen LogP contribution in [0.5, 0.6) is 0 Å². The summed E-state index contributed by atoms with van der Waals surface area (Å²) in [5.74, 6) is -0.261. The van der Waals surface area contributed by atoms with E-state index in [1.54, 1.807) is 6.92 Å². The Morgan fingerprint density at radius 1 is 1.73 bits per heavy atom. The number of ether oxygens (including phenoxy) is 1. The number of hydrogen-bond acceptors (Lipinski definition) is 5. The largest absolute Gasteiger partial charge is 0.465 e. The second kappa shape index (κ2) is 4.46. The number of nitrogen functional groups attached to an aromatic ring is 1. The number of nitriles is 1. The zero-order valence-corrected chi connectivity index (χ0v) is 8.65. The van der Waals surface area contributed by atoms with Crippen molar-refractivity contribution in [2.75, 3.05) is 12.8 Å². The fourth-order valence-corrected chi connectivity index (χ4v) is 1.28. The van der Waals surface area contributed by atoms with E-state index in [1.165, 1.54) is 11.8 Å². The molecule has 1 aromatic heterocycles. The van der Waals surface area contributed by atoms with Crippen LogP contribution >= 0.6 is 0 Å². The molecule has 1 heterocycles. The van der Waals surface area contributed by atoms with E-state index in [2.05, 4.69) is 9.84 Å². The van der Waals surface area contributed by atoms with Gasteiger partial charge in [0.1, 0.15) is 11.4 Å². The van der Waals surface area contributed by atoms with Crippen LogP contribution in [-0.2, 0) is 11.3 Å². The molecule has 6 heteroatoms. The van der Waals surface area contributed by atoms with E-state index in [0.717, 1.165) is 0 Å². The Morgan fingerprint density at radius 2 is 2.40 bits per heavy atom. The van der Waals surface area contributed by atoms with Crippen molar-refractivity contribution >= 4 is 11.8 Å². The molecule has 0 fully saturated rings. The van der Waals surface area contributed by atoms with Crippen molar-refractivity contribution in [2.45, 2.75) is 19.9 Å². The number of nitrogens with two attached hydrogens (primary N) is 1. The molecule has 0 bridgehead atoms. The SMILES string of the molecule is COC(=O)c1c(C)nn(CCC#N)c1N. The summed E-state index contributed by atoms with van der Waals surface area (Å²) in [6.07, 6.45) is 0.298. The molecule has 2 N–H and O–H groups in total. The minimum Gasteiger partial charge on any atom is -0.465 e. The Labute approximate surface area is 87.2 Å². The van der Waals surface area contributed by atoms with Crippen LogP contribution < -0.4 is 5.73 Å². The van der Waals surface area contributed by atoms with E-state index < -0.39 is 5.97 Å². The summed E-state index contributed by atoms with van der Waals surface area (Å²) in [7, 11) is 1.29. The molecule has 0 aliphatic rings. The van der Waals surface area contributed by atoms with E-state index in [1.807, 2.05) is 6.07 Å². The molecule has 0 spiro atoms. The number of hydrogen-bond donors (Lipinski definition) is 1. The smallest absolute Gasteiger partial charge is 0.343 e. The first-order chi connectivity index (χ1) is 7.11. The maximum atomic E-state index is 11.3. The highest BCUT2D eigenvalue weighted by Crippen LogP contribution is 2.17. The number of aromatic nitrogens is 2. The van der Waals surface area contributed by atoms with Crippen molar-refractivity contribution < 1.29 is 9.53 Å². The molecule has 15 heavy (non-hydrogen) atoms. The van der Waals surface area contributed by atoms with Gasteiger partial charge in [0.2, 0.25) is 0 Å². The Bertz CT molecular complexity index is 416. The highest BCUT2D eigenvalue weighted by Gasteiger charge is 2.19. The van der Waals surface area contributed by atoms with Gasteiger partial charge in [0.15, 0.2) is 0 Å². The first-order valence-electron chi connectivity index (χ1n) is 4.40. The Hall–Kier alpha value is -2.03. The average Bonchev–Trinajstić information content (AvgIpc) is 2.50. The molecule has 0 saturated heterocycles. The molecule has 0 aliphatic heterocycles. The van der Waals surface area contributed by atoms with Crippen LogP contribution in [0.4, 0.5) is 5.82 Å². The van der Waals surface area contributed by atoms with E-state index in [-0.39, 0.29) is 11.4 Å². The Balaban J connectivity index is 3.04. The molecule has 0 aliphatic carbocycles. The number of carbonyl (C=O) groups excluding carboxylic acids is 1. The molecule has 0 unspecified atom stereocenters. The van der Waals surface area contributed by atoms with Crippen molar-refractivity contribution in [1.82, 2.24) is 9.78 Å². The molecule has 0 atom stereocenters. The van der Waals surface area contributed by atoms with E-state index in [0.29, 0.717) is 18.7 Å². The van der Waals surface area contributed by atoms with Gasteiger partial charge >= 0.3 is 5.97 Å². The number of rotatable bonds is 3. The van der Waals surface area contributed by atoms with Gasteiger partial charge in [0, 0.05) is 0 Å². The number of aryl methyl sites for hydroxylation is 2. The number of carbonyl (C=O) groups is 1. The summed E-state index contributed by atoms with van der Waals surface area (Å²) in [4.78, 5) is 11.3. The topological polar surface area (TPSA) is 93.9 Å². The number of nitrogens with zero attached hydrogens (tertiary/aromatic N) is 3. The third kappa shape index (κ3) is 2.07. The summed E-state index contributed by atoms with van der Waals surface area (Å²) in [6, 6.07) is 1.98. The van der Waals surface area contributed by atoms with Crippen LogP contribution in [0.3, 0.4) is 0 Å². The van der Waals surface area contributed by atoms with Gasteiger partial charge in [-0.3, -0.25) is 0 Å². The zero-order valence-electron chi connectivity index (χ0n) is 8.65. The van der Waals surface area contributed by atoms with Crippen molar-refractivity contribution in [3.05, 3.63) is 11.3 Å². The molecule has 0 aromatic carbocycles. The van der Waals surface area contributed by atoms with Crippen LogP contribution in [0.1, 0.15) is 22.5 Å². The van der Waals surface area contributed by atoms with Gasteiger partial charge in [-0.15, -0.1) is 0 Å². The lowest BCUT2D eigenvalue weighted by atomic mass is 10.2. The molecule has 6 nitrogen and oxygen atoms in total. The van der Waals surface area contributed by atoms with Gasteiger partial charge in [-0.2, -0.15) is 10.4 Å². The lowest BCUT2D eigenvalue weighted by Gasteiger charge is -2.01. The molecular formula is C9H12N4O2. The molecular weight excluding hydrogens is 196 g/mol. The second-order valence-electron chi connectivity index (χ2n) is 2.97. The van der Waals surface area contributed by atoms with Crippen LogP contribution in [0.2, 0.25) is 0 Å². The van der Waals surface area contributed by atoms with Crippen molar-refractivity contribution in [3.63, 3.8) is 0 Å². The predicted octanol–water partition coefficient (Wildman–Crippen LogP) is 0.474. The number of anilines is 1. The van der Waals surface area contributed by atoms with Crippen LogP contribution in [0.15, 0.2) is 0 Å². The maximum Gasteiger partial charge on any atom is 0.343 e. The van der Waals surface area contributed by atoms with Gasteiger partial charge in [0.25, 0.3) is 0 Å². The van der Waals surface area contributed by atoms with Crippen LogP contribution in [0, 0.1) is 18.3 Å². The normalized spacial score (nSPS) is 9.67. The maximum absolute atomic E-state index is 11.3. The fourth-order valence-electron chi connectivity index (χ4n) is 1.28. The zero-order chi connectivity index (χ0) is 11.4. The van der Waals surface area contributed by atoms with Gasteiger partial charge in [-0.05, 0) is 6.92 Å². The average molecular weight is 208 g/mol. The highest BCUT2D eigenvalue weighted by atomic mass is 16.5. The molecule has 0 radical (unpaired) electrons. The minimum atomic E-state index is -0.506.